The van der Waals surface area contributed by atoms with E-state index in [4.69, 9.17) is 11.6 Å². The highest BCUT2D eigenvalue weighted by Crippen LogP contribution is 2.30. The molecule has 4 aromatic carbocycles. The van der Waals surface area contributed by atoms with Crippen LogP contribution in [0.25, 0.3) is 0 Å². The summed E-state index contributed by atoms with van der Waals surface area (Å²) in [6.45, 7) is 6.08. The number of carbonyl (C=O) groups is 2. The predicted octanol–water partition coefficient (Wildman–Crippen LogP) is 7.42. The van der Waals surface area contributed by atoms with E-state index in [0.29, 0.717) is 11.4 Å². The molecule has 0 aliphatic heterocycles. The van der Waals surface area contributed by atoms with Gasteiger partial charge in [0.1, 0.15) is 6.04 Å². The number of nitrogens with one attached hydrogen (secondary N) is 1. The third-order valence-electron chi connectivity index (χ3n) is 6.85. The van der Waals surface area contributed by atoms with Crippen molar-refractivity contribution in [3.63, 3.8) is 0 Å². The zero-order valence-corrected chi connectivity index (χ0v) is 24.1. The molecule has 0 heterocycles. The van der Waals surface area contributed by atoms with E-state index in [-0.39, 0.29) is 30.7 Å². The average Bonchev–Trinajstić information content (AvgIpc) is 2.95. The molecule has 2 amide bonds. The molecule has 0 bridgehead atoms. The van der Waals surface area contributed by atoms with Crippen LogP contribution in [0.15, 0.2) is 115 Å². The summed E-state index contributed by atoms with van der Waals surface area (Å²) in [6, 6.07) is 36.8. The Balaban J connectivity index is 1.76. The lowest BCUT2D eigenvalue weighted by molar-refractivity contribution is -0.142. The molecule has 5 heteroatoms. The molecule has 0 fully saturated rings. The zero-order chi connectivity index (χ0) is 28.5. The molecule has 0 aromatic heterocycles. The van der Waals surface area contributed by atoms with Crippen molar-refractivity contribution in [3.8, 4) is 0 Å². The van der Waals surface area contributed by atoms with Crippen molar-refractivity contribution in [2.24, 2.45) is 0 Å². The summed E-state index contributed by atoms with van der Waals surface area (Å²) < 4.78 is 0. The molecule has 0 radical (unpaired) electrons. The molecule has 0 spiro atoms. The Hall–Kier alpha value is -3.89. The molecule has 0 saturated heterocycles. The first kappa shape index (κ1) is 29.1. The van der Waals surface area contributed by atoms with Gasteiger partial charge in [0, 0.05) is 35.9 Å². The van der Waals surface area contributed by atoms with Crippen molar-refractivity contribution in [2.45, 2.75) is 57.7 Å². The van der Waals surface area contributed by atoms with Gasteiger partial charge in [-0.3, -0.25) is 9.59 Å². The predicted molar refractivity (Wildman–Crippen MR) is 163 cm³/mol. The van der Waals surface area contributed by atoms with E-state index in [1.807, 2.05) is 112 Å². The van der Waals surface area contributed by atoms with Gasteiger partial charge in [0.15, 0.2) is 0 Å². The molecule has 40 heavy (non-hydrogen) atoms. The third kappa shape index (κ3) is 8.06. The van der Waals surface area contributed by atoms with Gasteiger partial charge in [-0.2, -0.15) is 0 Å². The maximum Gasteiger partial charge on any atom is 0.243 e. The van der Waals surface area contributed by atoms with Crippen molar-refractivity contribution in [3.05, 3.63) is 143 Å². The molecule has 0 saturated carbocycles. The van der Waals surface area contributed by atoms with Gasteiger partial charge in [-0.25, -0.2) is 0 Å². The number of rotatable bonds is 10. The molecule has 206 valence electrons. The number of hydrogen-bond acceptors (Lipinski definition) is 2. The van der Waals surface area contributed by atoms with E-state index >= 15 is 0 Å². The zero-order valence-electron chi connectivity index (χ0n) is 23.4. The van der Waals surface area contributed by atoms with Crippen molar-refractivity contribution >= 4 is 23.4 Å². The van der Waals surface area contributed by atoms with Crippen LogP contribution in [0, 0.1) is 0 Å². The number of hydrogen-bond donors (Lipinski definition) is 1. The SMILES string of the molecule is CC(C)(C)NC(=O)[C@H](Cc1ccccc1)N(Cc1ccccc1Cl)C(=O)CC(c1ccccc1)c1ccccc1. The van der Waals surface area contributed by atoms with E-state index < -0.39 is 11.6 Å². The van der Waals surface area contributed by atoms with Crippen LogP contribution in [0.2, 0.25) is 5.02 Å². The van der Waals surface area contributed by atoms with E-state index in [1.54, 1.807) is 4.90 Å². The standard InChI is InChI=1S/C35H37ClN2O2/c1-35(2,3)37-34(40)32(23-26-15-7-4-8-16-26)38(25-29-21-13-14-22-31(29)36)33(39)24-30(27-17-9-5-10-18-27)28-19-11-6-12-20-28/h4-22,30,32H,23-25H2,1-3H3,(H,37,40)/t32-/m0/s1. The van der Waals surface area contributed by atoms with Crippen LogP contribution in [-0.4, -0.2) is 28.3 Å². The minimum Gasteiger partial charge on any atom is -0.350 e. The highest BCUT2D eigenvalue weighted by atomic mass is 35.5. The molecule has 1 N–H and O–H groups in total. The van der Waals surface area contributed by atoms with Crippen LogP contribution in [0.5, 0.6) is 0 Å². The highest BCUT2D eigenvalue weighted by Gasteiger charge is 2.34. The summed E-state index contributed by atoms with van der Waals surface area (Å²) in [5.74, 6) is -0.456. The number of halogens is 1. The van der Waals surface area contributed by atoms with Crippen molar-refractivity contribution in [1.29, 1.82) is 0 Å². The van der Waals surface area contributed by atoms with Gasteiger partial charge in [0.2, 0.25) is 11.8 Å². The molecule has 4 rings (SSSR count). The maximum absolute atomic E-state index is 14.4. The maximum atomic E-state index is 14.4. The average molecular weight is 553 g/mol. The van der Waals surface area contributed by atoms with Crippen LogP contribution in [0.3, 0.4) is 0 Å². The lowest BCUT2D eigenvalue weighted by Crippen LogP contribution is -2.54. The Morgan fingerprint density at radius 1 is 0.750 bits per heavy atom. The van der Waals surface area contributed by atoms with E-state index in [0.717, 1.165) is 22.3 Å². The summed E-state index contributed by atoms with van der Waals surface area (Å²) in [6.07, 6.45) is 0.604. The van der Waals surface area contributed by atoms with Gasteiger partial charge in [-0.1, -0.05) is 121 Å². The first-order valence-corrected chi connectivity index (χ1v) is 14.1. The lowest BCUT2D eigenvalue weighted by atomic mass is 9.87. The second-order valence-electron chi connectivity index (χ2n) is 11.1. The molecular weight excluding hydrogens is 516 g/mol. The van der Waals surface area contributed by atoms with Gasteiger partial charge in [0.25, 0.3) is 0 Å². The minimum absolute atomic E-state index is 0.109. The molecule has 4 aromatic rings. The van der Waals surface area contributed by atoms with Crippen molar-refractivity contribution < 1.29 is 9.59 Å². The fourth-order valence-corrected chi connectivity index (χ4v) is 5.10. The Labute approximate surface area is 243 Å². The van der Waals surface area contributed by atoms with Gasteiger partial charge in [0.05, 0.1) is 0 Å². The number of amides is 2. The van der Waals surface area contributed by atoms with E-state index in [9.17, 15) is 9.59 Å². The molecule has 0 unspecified atom stereocenters. The van der Waals surface area contributed by atoms with Gasteiger partial charge < -0.3 is 10.2 Å². The Morgan fingerprint density at radius 3 is 1.77 bits per heavy atom. The van der Waals surface area contributed by atoms with Crippen LogP contribution < -0.4 is 5.32 Å². The van der Waals surface area contributed by atoms with E-state index in [2.05, 4.69) is 29.6 Å². The Bertz CT molecular complexity index is 1350. The summed E-state index contributed by atoms with van der Waals surface area (Å²) in [7, 11) is 0. The van der Waals surface area contributed by atoms with Crippen LogP contribution >= 0.6 is 11.6 Å². The Kier molecular flexibility index (Phi) is 9.79. The van der Waals surface area contributed by atoms with Crippen LogP contribution in [0.4, 0.5) is 0 Å². The quantitative estimate of drug-likeness (QED) is 0.222. The smallest absolute Gasteiger partial charge is 0.243 e. The minimum atomic E-state index is -0.724. The Morgan fingerprint density at radius 2 is 1.25 bits per heavy atom. The van der Waals surface area contributed by atoms with Crippen molar-refractivity contribution in [1.82, 2.24) is 10.2 Å². The first-order valence-electron chi connectivity index (χ1n) is 13.7. The normalized spacial score (nSPS) is 12.1. The molecule has 1 atom stereocenters. The van der Waals surface area contributed by atoms with Gasteiger partial charge >= 0.3 is 0 Å². The van der Waals surface area contributed by atoms with Crippen molar-refractivity contribution in [2.75, 3.05) is 0 Å². The lowest BCUT2D eigenvalue weighted by Gasteiger charge is -2.35. The highest BCUT2D eigenvalue weighted by molar-refractivity contribution is 6.31. The summed E-state index contributed by atoms with van der Waals surface area (Å²) >= 11 is 6.58. The third-order valence-corrected chi connectivity index (χ3v) is 7.22. The topological polar surface area (TPSA) is 49.4 Å². The number of carbonyl (C=O) groups excluding carboxylic acids is 2. The number of benzene rings is 4. The molecule has 4 nitrogen and oxygen atoms in total. The second-order valence-corrected chi connectivity index (χ2v) is 11.5. The second kappa shape index (κ2) is 13.5. The fourth-order valence-electron chi connectivity index (χ4n) is 4.91. The first-order chi connectivity index (χ1) is 19.2. The van der Waals surface area contributed by atoms with Crippen LogP contribution in [0.1, 0.15) is 55.4 Å². The molecular formula is C35H37ClN2O2. The van der Waals surface area contributed by atoms with E-state index in [1.165, 1.54) is 0 Å². The monoisotopic (exact) mass is 552 g/mol. The fraction of sp³-hybridized carbons (Fsp3) is 0.257. The molecule has 0 aliphatic rings. The number of nitrogens with zero attached hydrogens (tertiary/aromatic N) is 1. The largest absolute Gasteiger partial charge is 0.350 e. The molecule has 0 aliphatic carbocycles. The summed E-state index contributed by atoms with van der Waals surface area (Å²) in [5.41, 5.74) is 3.44. The van der Waals surface area contributed by atoms with Crippen LogP contribution in [-0.2, 0) is 22.6 Å². The van der Waals surface area contributed by atoms with Gasteiger partial charge in [-0.15, -0.1) is 0 Å². The van der Waals surface area contributed by atoms with Gasteiger partial charge in [-0.05, 0) is 49.1 Å². The summed E-state index contributed by atoms with van der Waals surface area (Å²) in [4.78, 5) is 30.0. The summed E-state index contributed by atoms with van der Waals surface area (Å²) in [5, 5.41) is 3.69.